The normalized spacial score (nSPS) is 11.0. The summed E-state index contributed by atoms with van der Waals surface area (Å²) < 4.78 is 2.28. The van der Waals surface area contributed by atoms with E-state index in [1.54, 1.807) is 0 Å². The van der Waals surface area contributed by atoms with E-state index in [2.05, 4.69) is 42.9 Å². The molecular formula is C22H40N+. The van der Waals surface area contributed by atoms with Gasteiger partial charge in [0, 0.05) is 18.6 Å². The number of hydrogen-bond donors (Lipinski definition) is 0. The monoisotopic (exact) mass is 318 g/mol. The Morgan fingerprint density at radius 2 is 1.09 bits per heavy atom. The minimum absolute atomic E-state index is 1.14. The van der Waals surface area contributed by atoms with Gasteiger partial charge in [-0.05, 0) is 18.4 Å². The van der Waals surface area contributed by atoms with Gasteiger partial charge < -0.3 is 0 Å². The second kappa shape index (κ2) is 14.7. The molecule has 0 atom stereocenters. The summed E-state index contributed by atoms with van der Waals surface area (Å²) in [6.07, 6.45) is 24.1. The summed E-state index contributed by atoms with van der Waals surface area (Å²) in [6.45, 7) is 5.66. The third-order valence-electron chi connectivity index (χ3n) is 4.76. The fraction of sp³-hybridized carbons (Fsp3) is 0.773. The number of aryl methyl sites for hydroxylation is 2. The first-order chi connectivity index (χ1) is 11.4. The summed E-state index contributed by atoms with van der Waals surface area (Å²) in [5, 5.41) is 0. The Morgan fingerprint density at radius 3 is 1.57 bits per heavy atom. The van der Waals surface area contributed by atoms with E-state index in [-0.39, 0.29) is 0 Å². The molecule has 0 aromatic carbocycles. The van der Waals surface area contributed by atoms with Crippen LogP contribution in [-0.4, -0.2) is 0 Å². The summed E-state index contributed by atoms with van der Waals surface area (Å²) in [5.74, 6) is 0. The average molecular weight is 319 g/mol. The van der Waals surface area contributed by atoms with Crippen LogP contribution in [0, 0.1) is 0 Å². The van der Waals surface area contributed by atoms with E-state index in [0.29, 0.717) is 0 Å². The minimum Gasteiger partial charge on any atom is -0.205 e. The molecule has 0 radical (unpaired) electrons. The molecule has 0 amide bonds. The maximum Gasteiger partial charge on any atom is 0.169 e. The fourth-order valence-corrected chi connectivity index (χ4v) is 3.23. The first kappa shape index (κ1) is 20.2. The van der Waals surface area contributed by atoms with E-state index in [4.69, 9.17) is 0 Å². The number of hydrogen-bond acceptors (Lipinski definition) is 0. The molecule has 0 saturated heterocycles. The van der Waals surface area contributed by atoms with Crippen LogP contribution in [0.25, 0.3) is 0 Å². The fourth-order valence-electron chi connectivity index (χ4n) is 3.23. The Bertz CT molecular complexity index is 355. The van der Waals surface area contributed by atoms with Gasteiger partial charge in [-0.2, -0.15) is 0 Å². The van der Waals surface area contributed by atoms with E-state index in [9.17, 15) is 0 Å². The average Bonchev–Trinajstić information content (AvgIpc) is 2.57. The quantitative estimate of drug-likeness (QED) is 0.252. The van der Waals surface area contributed by atoms with Crippen molar-refractivity contribution in [1.82, 2.24) is 0 Å². The topological polar surface area (TPSA) is 3.88 Å². The molecule has 0 N–H and O–H groups in total. The lowest BCUT2D eigenvalue weighted by Gasteiger charge is -2.03. The lowest BCUT2D eigenvalue weighted by molar-refractivity contribution is -0.697. The number of rotatable bonds is 15. The van der Waals surface area contributed by atoms with E-state index in [1.807, 2.05) is 0 Å². The summed E-state index contributed by atoms with van der Waals surface area (Å²) in [4.78, 5) is 0. The Balaban J connectivity index is 1.87. The number of unbranched alkanes of at least 4 members (excludes halogenated alkanes) is 11. The van der Waals surface area contributed by atoms with Gasteiger partial charge in [0.1, 0.15) is 6.54 Å². The smallest absolute Gasteiger partial charge is 0.169 e. The van der Waals surface area contributed by atoms with Gasteiger partial charge in [0.25, 0.3) is 0 Å². The molecule has 0 aliphatic heterocycles. The van der Waals surface area contributed by atoms with Gasteiger partial charge in [0.05, 0.1) is 0 Å². The molecule has 1 rings (SSSR count). The number of aromatic nitrogens is 1. The first-order valence-electron chi connectivity index (χ1n) is 10.3. The number of pyridine rings is 1. The third kappa shape index (κ3) is 11.3. The van der Waals surface area contributed by atoms with Crippen LogP contribution in [0.1, 0.15) is 103 Å². The molecule has 0 saturated carbocycles. The molecule has 1 aromatic rings. The van der Waals surface area contributed by atoms with Crippen LogP contribution in [0.15, 0.2) is 24.5 Å². The predicted octanol–water partition coefficient (Wildman–Crippen LogP) is 6.63. The molecular weight excluding hydrogens is 278 g/mol. The highest BCUT2D eigenvalue weighted by Crippen LogP contribution is 2.13. The summed E-state index contributed by atoms with van der Waals surface area (Å²) in [6, 6.07) is 4.60. The van der Waals surface area contributed by atoms with Crippen LogP contribution in [0.5, 0.6) is 0 Å². The molecule has 1 heteroatoms. The molecule has 132 valence electrons. The highest BCUT2D eigenvalue weighted by atomic mass is 14.9. The van der Waals surface area contributed by atoms with E-state index in [1.165, 1.54) is 95.5 Å². The zero-order valence-electron chi connectivity index (χ0n) is 15.9. The predicted molar refractivity (Wildman–Crippen MR) is 102 cm³/mol. The van der Waals surface area contributed by atoms with Gasteiger partial charge in [0.2, 0.25) is 0 Å². The second-order valence-corrected chi connectivity index (χ2v) is 7.08. The lowest BCUT2D eigenvalue weighted by atomic mass is 10.0. The van der Waals surface area contributed by atoms with Crippen molar-refractivity contribution in [1.29, 1.82) is 0 Å². The SMILES string of the molecule is CCCCCCCCCCCCCCc1cc[n+](CCC)cc1. The molecule has 0 aliphatic carbocycles. The molecule has 0 aliphatic rings. The van der Waals surface area contributed by atoms with Crippen LogP contribution in [0.4, 0.5) is 0 Å². The summed E-state index contributed by atoms with van der Waals surface area (Å²) in [7, 11) is 0. The Labute approximate surface area is 145 Å². The van der Waals surface area contributed by atoms with Gasteiger partial charge in [0.15, 0.2) is 12.4 Å². The van der Waals surface area contributed by atoms with E-state index in [0.717, 1.165) is 6.54 Å². The third-order valence-corrected chi connectivity index (χ3v) is 4.76. The number of nitrogens with zero attached hydrogens (tertiary/aromatic N) is 1. The molecule has 1 nitrogen and oxygen atoms in total. The Kier molecular flexibility index (Phi) is 12.9. The maximum absolute atomic E-state index is 2.30. The van der Waals surface area contributed by atoms with Crippen molar-refractivity contribution in [2.45, 2.75) is 110 Å². The molecule has 23 heavy (non-hydrogen) atoms. The molecule has 0 bridgehead atoms. The van der Waals surface area contributed by atoms with Crippen LogP contribution >= 0.6 is 0 Å². The molecule has 1 aromatic heterocycles. The van der Waals surface area contributed by atoms with Crippen LogP contribution in [-0.2, 0) is 13.0 Å². The van der Waals surface area contributed by atoms with Gasteiger partial charge >= 0.3 is 0 Å². The summed E-state index contributed by atoms with van der Waals surface area (Å²) in [5.41, 5.74) is 1.50. The van der Waals surface area contributed by atoms with Crippen molar-refractivity contribution in [3.63, 3.8) is 0 Å². The largest absolute Gasteiger partial charge is 0.205 e. The van der Waals surface area contributed by atoms with Crippen LogP contribution in [0.3, 0.4) is 0 Å². The van der Waals surface area contributed by atoms with Crippen LogP contribution < -0.4 is 4.57 Å². The van der Waals surface area contributed by atoms with Crippen molar-refractivity contribution in [2.75, 3.05) is 0 Å². The van der Waals surface area contributed by atoms with E-state index >= 15 is 0 Å². The molecule has 0 fully saturated rings. The van der Waals surface area contributed by atoms with E-state index < -0.39 is 0 Å². The Hall–Kier alpha value is -0.850. The van der Waals surface area contributed by atoms with Crippen molar-refractivity contribution in [2.24, 2.45) is 0 Å². The molecule has 0 unspecified atom stereocenters. The molecule has 0 spiro atoms. The summed E-state index contributed by atoms with van der Waals surface area (Å²) >= 11 is 0. The highest BCUT2D eigenvalue weighted by molar-refractivity contribution is 5.07. The second-order valence-electron chi connectivity index (χ2n) is 7.08. The van der Waals surface area contributed by atoms with Crippen molar-refractivity contribution in [3.05, 3.63) is 30.1 Å². The van der Waals surface area contributed by atoms with Gasteiger partial charge in [-0.3, -0.25) is 0 Å². The van der Waals surface area contributed by atoms with Gasteiger partial charge in [-0.1, -0.05) is 84.5 Å². The molecule has 1 heterocycles. The van der Waals surface area contributed by atoms with Crippen molar-refractivity contribution >= 4 is 0 Å². The maximum atomic E-state index is 2.30. The first-order valence-corrected chi connectivity index (χ1v) is 10.3. The van der Waals surface area contributed by atoms with Gasteiger partial charge in [-0.25, -0.2) is 4.57 Å². The highest BCUT2D eigenvalue weighted by Gasteiger charge is 1.99. The minimum atomic E-state index is 1.14. The van der Waals surface area contributed by atoms with Crippen molar-refractivity contribution in [3.8, 4) is 0 Å². The van der Waals surface area contributed by atoms with Crippen LogP contribution in [0.2, 0.25) is 0 Å². The zero-order chi connectivity index (χ0) is 16.6. The van der Waals surface area contributed by atoms with Gasteiger partial charge in [-0.15, -0.1) is 0 Å². The zero-order valence-corrected chi connectivity index (χ0v) is 15.9. The Morgan fingerprint density at radius 1 is 0.609 bits per heavy atom. The van der Waals surface area contributed by atoms with Crippen molar-refractivity contribution < 1.29 is 4.57 Å². The lowest BCUT2D eigenvalue weighted by Crippen LogP contribution is -2.32. The standard InChI is InChI=1S/C22H40N/c1-3-5-6-7-8-9-10-11-12-13-14-15-16-22-17-20-23(19-4-2)21-18-22/h17-18,20-21H,3-16,19H2,1-2H3/q+1.